The Bertz CT molecular complexity index is 611. The van der Waals surface area contributed by atoms with Gasteiger partial charge in [0.25, 0.3) is 0 Å². The third-order valence-electron chi connectivity index (χ3n) is 3.08. The highest BCUT2D eigenvalue weighted by Crippen LogP contribution is 2.29. The summed E-state index contributed by atoms with van der Waals surface area (Å²) in [5.74, 6) is 1.07. The van der Waals surface area contributed by atoms with E-state index in [-0.39, 0.29) is 0 Å². The first kappa shape index (κ1) is 13.5. The van der Waals surface area contributed by atoms with E-state index >= 15 is 0 Å². The fourth-order valence-electron chi connectivity index (χ4n) is 2.07. The van der Waals surface area contributed by atoms with Gasteiger partial charge in [0, 0.05) is 40.7 Å². The highest BCUT2D eigenvalue weighted by Gasteiger charge is 2.03. The van der Waals surface area contributed by atoms with Gasteiger partial charge in [-0.15, -0.1) is 22.7 Å². The lowest BCUT2D eigenvalue weighted by molar-refractivity contribution is 0.645. The number of rotatable bonds is 7. The second-order valence-electron chi connectivity index (χ2n) is 4.60. The average Bonchev–Trinajstić information content (AvgIpc) is 3.21. The van der Waals surface area contributed by atoms with Gasteiger partial charge in [-0.05, 0) is 35.9 Å². The SMILES string of the molecule is c1csc(-c2csc(CNCCCc3ncc[nH]3)c2)c1. The molecule has 0 unspecified atom stereocenters. The van der Waals surface area contributed by atoms with E-state index in [1.165, 1.54) is 15.3 Å². The fourth-order valence-corrected chi connectivity index (χ4v) is 3.72. The molecule has 0 aliphatic rings. The molecule has 0 atom stereocenters. The molecule has 20 heavy (non-hydrogen) atoms. The van der Waals surface area contributed by atoms with E-state index in [1.54, 1.807) is 17.5 Å². The molecule has 0 fully saturated rings. The minimum absolute atomic E-state index is 0.953. The van der Waals surface area contributed by atoms with E-state index in [0.29, 0.717) is 0 Å². The first-order valence-electron chi connectivity index (χ1n) is 6.72. The molecule has 3 heterocycles. The maximum atomic E-state index is 4.22. The molecule has 0 aromatic carbocycles. The second-order valence-corrected chi connectivity index (χ2v) is 6.54. The quantitative estimate of drug-likeness (QED) is 0.649. The Kier molecular flexibility index (Phi) is 4.63. The van der Waals surface area contributed by atoms with Crippen molar-refractivity contribution in [2.45, 2.75) is 19.4 Å². The molecule has 3 aromatic heterocycles. The summed E-state index contributed by atoms with van der Waals surface area (Å²) in [6.45, 7) is 1.97. The zero-order valence-electron chi connectivity index (χ0n) is 11.1. The maximum absolute atomic E-state index is 4.22. The summed E-state index contributed by atoms with van der Waals surface area (Å²) in [5, 5.41) is 7.86. The summed E-state index contributed by atoms with van der Waals surface area (Å²) in [4.78, 5) is 10.1. The molecule has 0 saturated carbocycles. The molecular formula is C15H17N3S2. The average molecular weight is 303 g/mol. The molecule has 3 nitrogen and oxygen atoms in total. The highest BCUT2D eigenvalue weighted by molar-refractivity contribution is 7.14. The van der Waals surface area contributed by atoms with E-state index in [1.807, 2.05) is 17.5 Å². The van der Waals surface area contributed by atoms with Gasteiger partial charge in [-0.1, -0.05) is 6.07 Å². The van der Waals surface area contributed by atoms with E-state index in [4.69, 9.17) is 0 Å². The van der Waals surface area contributed by atoms with Crippen molar-refractivity contribution in [2.75, 3.05) is 6.54 Å². The van der Waals surface area contributed by atoms with Crippen molar-refractivity contribution in [3.63, 3.8) is 0 Å². The van der Waals surface area contributed by atoms with Crippen LogP contribution in [0.3, 0.4) is 0 Å². The summed E-state index contributed by atoms with van der Waals surface area (Å²) >= 11 is 3.62. The van der Waals surface area contributed by atoms with Gasteiger partial charge in [-0.2, -0.15) is 0 Å². The first-order chi connectivity index (χ1) is 9.92. The molecule has 0 saturated heterocycles. The molecule has 0 bridgehead atoms. The molecule has 3 rings (SSSR count). The lowest BCUT2D eigenvalue weighted by atomic mass is 10.2. The Balaban J connectivity index is 1.40. The standard InChI is InChI=1S/C15H17N3S2/c1(4-15-17-6-7-18-15)5-16-10-13-9-12(11-20-13)14-3-2-8-19-14/h2-3,6-9,11,16H,1,4-5,10H2,(H,17,18). The fraction of sp³-hybridized carbons (Fsp3) is 0.267. The van der Waals surface area contributed by atoms with Gasteiger partial charge in [0.1, 0.15) is 5.82 Å². The number of hydrogen-bond acceptors (Lipinski definition) is 4. The van der Waals surface area contributed by atoms with Gasteiger partial charge >= 0.3 is 0 Å². The second kappa shape index (κ2) is 6.83. The molecular weight excluding hydrogens is 286 g/mol. The van der Waals surface area contributed by atoms with Crippen LogP contribution >= 0.6 is 22.7 Å². The Hall–Kier alpha value is -1.43. The number of hydrogen-bond donors (Lipinski definition) is 2. The monoisotopic (exact) mass is 303 g/mol. The van der Waals surface area contributed by atoms with Crippen LogP contribution in [0.15, 0.2) is 41.4 Å². The summed E-state index contributed by atoms with van der Waals surface area (Å²) in [5.41, 5.74) is 1.34. The van der Waals surface area contributed by atoms with Gasteiger partial charge in [-0.3, -0.25) is 0 Å². The Labute approximate surface area is 126 Å². The minimum Gasteiger partial charge on any atom is -0.349 e. The van der Waals surface area contributed by atoms with Crippen molar-refractivity contribution >= 4 is 22.7 Å². The largest absolute Gasteiger partial charge is 0.349 e. The van der Waals surface area contributed by atoms with Crippen LogP contribution in [0, 0.1) is 0 Å². The Morgan fingerprint density at radius 1 is 1.30 bits per heavy atom. The van der Waals surface area contributed by atoms with Crippen LogP contribution in [0.25, 0.3) is 10.4 Å². The molecule has 2 N–H and O–H groups in total. The predicted octanol–water partition coefficient (Wildman–Crippen LogP) is 3.92. The number of aromatic amines is 1. The van der Waals surface area contributed by atoms with Gasteiger partial charge in [0.2, 0.25) is 0 Å². The van der Waals surface area contributed by atoms with E-state index < -0.39 is 0 Å². The van der Waals surface area contributed by atoms with Gasteiger partial charge in [0.05, 0.1) is 0 Å². The van der Waals surface area contributed by atoms with Crippen molar-refractivity contribution in [3.8, 4) is 10.4 Å². The minimum atomic E-state index is 0.953. The third kappa shape index (κ3) is 3.56. The lowest BCUT2D eigenvalue weighted by Crippen LogP contribution is -2.14. The van der Waals surface area contributed by atoms with E-state index in [9.17, 15) is 0 Å². The van der Waals surface area contributed by atoms with Crippen LogP contribution in [0.5, 0.6) is 0 Å². The van der Waals surface area contributed by atoms with Crippen LogP contribution < -0.4 is 5.32 Å². The van der Waals surface area contributed by atoms with Crippen molar-refractivity contribution < 1.29 is 0 Å². The van der Waals surface area contributed by atoms with Crippen LogP contribution in [0.2, 0.25) is 0 Å². The van der Waals surface area contributed by atoms with Gasteiger partial charge < -0.3 is 10.3 Å². The van der Waals surface area contributed by atoms with E-state index in [2.05, 4.69) is 44.2 Å². The van der Waals surface area contributed by atoms with Crippen molar-refractivity contribution in [3.05, 3.63) is 52.1 Å². The van der Waals surface area contributed by atoms with Crippen LogP contribution in [-0.4, -0.2) is 16.5 Å². The summed E-state index contributed by atoms with van der Waals surface area (Å²) in [6, 6.07) is 6.56. The summed E-state index contributed by atoms with van der Waals surface area (Å²) in [6.07, 6.45) is 5.79. The maximum Gasteiger partial charge on any atom is 0.106 e. The highest BCUT2D eigenvalue weighted by atomic mass is 32.1. The number of imidazole rings is 1. The molecule has 0 radical (unpaired) electrons. The normalized spacial score (nSPS) is 11.0. The van der Waals surface area contributed by atoms with Crippen LogP contribution in [0.1, 0.15) is 17.1 Å². The Morgan fingerprint density at radius 2 is 2.30 bits per heavy atom. The van der Waals surface area contributed by atoms with Gasteiger partial charge in [0.15, 0.2) is 0 Å². The third-order valence-corrected chi connectivity index (χ3v) is 4.94. The molecule has 3 aromatic rings. The molecule has 0 spiro atoms. The number of H-pyrrole nitrogens is 1. The predicted molar refractivity (Wildman–Crippen MR) is 86.2 cm³/mol. The molecule has 0 amide bonds. The topological polar surface area (TPSA) is 40.7 Å². The van der Waals surface area contributed by atoms with Crippen molar-refractivity contribution in [1.82, 2.24) is 15.3 Å². The van der Waals surface area contributed by atoms with E-state index in [0.717, 1.165) is 31.8 Å². The van der Waals surface area contributed by atoms with Crippen molar-refractivity contribution in [1.29, 1.82) is 0 Å². The molecule has 0 aliphatic carbocycles. The summed E-state index contributed by atoms with van der Waals surface area (Å²) < 4.78 is 0. The molecule has 0 aliphatic heterocycles. The number of nitrogens with zero attached hydrogens (tertiary/aromatic N) is 1. The first-order valence-corrected chi connectivity index (χ1v) is 8.48. The smallest absolute Gasteiger partial charge is 0.106 e. The number of thiophene rings is 2. The van der Waals surface area contributed by atoms with Crippen molar-refractivity contribution in [2.24, 2.45) is 0 Å². The molecule has 104 valence electrons. The zero-order chi connectivity index (χ0) is 13.6. The number of aromatic nitrogens is 2. The van der Waals surface area contributed by atoms with Gasteiger partial charge in [-0.25, -0.2) is 4.98 Å². The lowest BCUT2D eigenvalue weighted by Gasteiger charge is -2.01. The zero-order valence-corrected chi connectivity index (χ0v) is 12.8. The van der Waals surface area contributed by atoms with Crippen LogP contribution in [0.4, 0.5) is 0 Å². The van der Waals surface area contributed by atoms with Crippen LogP contribution in [-0.2, 0) is 13.0 Å². The molecule has 5 heteroatoms. The number of nitrogens with one attached hydrogen (secondary N) is 2. The number of aryl methyl sites for hydroxylation is 1. The summed E-state index contributed by atoms with van der Waals surface area (Å²) in [7, 11) is 0. The Morgan fingerprint density at radius 3 is 3.10 bits per heavy atom.